The summed E-state index contributed by atoms with van der Waals surface area (Å²) in [5.41, 5.74) is 0.644. The van der Waals surface area contributed by atoms with Crippen molar-refractivity contribution < 1.29 is 17.6 Å². The van der Waals surface area contributed by atoms with Crippen LogP contribution in [0, 0.1) is 23.3 Å². The Hall–Kier alpha value is -0.981. The van der Waals surface area contributed by atoms with Crippen molar-refractivity contribution in [3.63, 3.8) is 0 Å². The summed E-state index contributed by atoms with van der Waals surface area (Å²) >= 11 is 8.55. The molecule has 3 heterocycles. The van der Waals surface area contributed by atoms with E-state index in [9.17, 15) is 17.6 Å². The Balaban J connectivity index is 0.000000196. The van der Waals surface area contributed by atoms with Crippen molar-refractivity contribution in [2.24, 2.45) is 0 Å². The molecular formula is C36H40Br2F4S3Sn. The predicted octanol–water partition coefficient (Wildman–Crippen LogP) is 14.7. The summed E-state index contributed by atoms with van der Waals surface area (Å²) in [7, 11) is 0. The fraction of sp³-hybridized carbons (Fsp3) is 0.333. The van der Waals surface area contributed by atoms with Gasteiger partial charge in [-0.3, -0.25) is 0 Å². The van der Waals surface area contributed by atoms with E-state index >= 15 is 0 Å². The second kappa shape index (κ2) is 20.5. The first-order valence-electron chi connectivity index (χ1n) is 15.6. The number of thiophene rings is 3. The van der Waals surface area contributed by atoms with Gasteiger partial charge in [-0.1, -0.05) is 12.1 Å². The smallest absolute Gasteiger partial charge is 0.138 e. The maximum Gasteiger partial charge on any atom is 0.138 e. The molecule has 0 aliphatic rings. The number of rotatable bonds is 12. The van der Waals surface area contributed by atoms with Gasteiger partial charge in [0.15, 0.2) is 0 Å². The normalized spacial score (nSPS) is 11.1. The van der Waals surface area contributed by atoms with Gasteiger partial charge < -0.3 is 0 Å². The summed E-state index contributed by atoms with van der Waals surface area (Å²) in [4.78, 5) is 1.48. The first kappa shape index (κ1) is 39.5. The molecule has 0 saturated carbocycles. The number of hydrogen-bond acceptors (Lipinski definition) is 3. The van der Waals surface area contributed by atoms with Gasteiger partial charge in [-0.05, 0) is 79.0 Å². The maximum absolute atomic E-state index is 14.0. The molecule has 5 aromatic rings. The van der Waals surface area contributed by atoms with E-state index in [1.165, 1.54) is 73.3 Å². The van der Waals surface area contributed by atoms with E-state index in [2.05, 4.69) is 81.5 Å². The third-order valence-corrected chi connectivity index (χ3v) is 30.0. The van der Waals surface area contributed by atoms with Crippen LogP contribution in [0.5, 0.6) is 0 Å². The summed E-state index contributed by atoms with van der Waals surface area (Å²) in [5, 5.41) is 6.00. The van der Waals surface area contributed by atoms with Crippen LogP contribution in [0.25, 0.3) is 20.9 Å². The van der Waals surface area contributed by atoms with Gasteiger partial charge in [0.25, 0.3) is 0 Å². The molecule has 10 heteroatoms. The Morgan fingerprint density at radius 1 is 0.543 bits per heavy atom. The Morgan fingerprint density at radius 3 is 1.26 bits per heavy atom. The standard InChI is InChI=1S/C14H8F2S2.C6H2Br2F2.C4H3S.3C4H9.Sn/c15-11-8-10(14-4-2-6-18-14)12(16)7-9(11)13-3-1-5-17-13;7-3-1-5(9)4(8)2-6(3)10;1-2-4-5-3-1;3*1-3-4-2;/h1-8H;1-2H;1-3H;3*1,3-4H2,2H3;. The fourth-order valence-corrected chi connectivity index (χ4v) is 27.1. The molecule has 0 spiro atoms. The van der Waals surface area contributed by atoms with Crippen LogP contribution >= 0.6 is 65.9 Å². The van der Waals surface area contributed by atoms with E-state index in [-0.39, 0.29) is 20.6 Å². The summed E-state index contributed by atoms with van der Waals surface area (Å²) in [5.74, 6) is -1.73. The molecule has 248 valence electrons. The van der Waals surface area contributed by atoms with Crippen LogP contribution < -0.4 is 2.89 Å². The van der Waals surface area contributed by atoms with E-state index in [0.717, 1.165) is 21.9 Å². The molecule has 46 heavy (non-hydrogen) atoms. The van der Waals surface area contributed by atoms with Gasteiger partial charge in [-0.25, -0.2) is 17.6 Å². The first-order valence-corrected chi connectivity index (χ1v) is 27.3. The zero-order valence-electron chi connectivity index (χ0n) is 26.4. The van der Waals surface area contributed by atoms with Crippen molar-refractivity contribution in [3.05, 3.63) is 109 Å². The molecule has 0 bridgehead atoms. The molecule has 0 radical (unpaired) electrons. The molecule has 0 amide bonds. The topological polar surface area (TPSA) is 0 Å². The van der Waals surface area contributed by atoms with Crippen LogP contribution in [0.2, 0.25) is 13.3 Å². The van der Waals surface area contributed by atoms with Gasteiger partial charge in [-0.2, -0.15) is 0 Å². The number of benzene rings is 2. The average molecular weight is 923 g/mol. The molecule has 0 unspecified atom stereocenters. The third kappa shape index (κ3) is 11.6. The summed E-state index contributed by atoms with van der Waals surface area (Å²) in [6.45, 7) is 7.06. The minimum atomic E-state index is -2.01. The molecule has 0 N–H and O–H groups in total. The second-order valence-electron chi connectivity index (χ2n) is 11.0. The van der Waals surface area contributed by atoms with Crippen molar-refractivity contribution in [1.29, 1.82) is 0 Å². The molecular weight excluding hydrogens is 883 g/mol. The van der Waals surface area contributed by atoms with Crippen LogP contribution in [-0.2, 0) is 0 Å². The molecule has 0 aliphatic carbocycles. The largest absolute Gasteiger partial charge is 0.206 e. The molecule has 0 atom stereocenters. The molecule has 0 nitrogen and oxygen atoms in total. The monoisotopic (exact) mass is 922 g/mol. The van der Waals surface area contributed by atoms with E-state index in [0.29, 0.717) is 11.1 Å². The van der Waals surface area contributed by atoms with Crippen LogP contribution in [0.1, 0.15) is 59.3 Å². The average Bonchev–Trinajstić information content (AvgIpc) is 3.86. The zero-order valence-corrected chi connectivity index (χ0v) is 34.8. The summed E-state index contributed by atoms with van der Waals surface area (Å²) in [6.07, 6.45) is 8.55. The van der Waals surface area contributed by atoms with Crippen molar-refractivity contribution in [3.8, 4) is 20.9 Å². The fourth-order valence-electron chi connectivity index (χ4n) is 5.16. The van der Waals surface area contributed by atoms with Crippen molar-refractivity contribution in [2.45, 2.75) is 72.6 Å². The molecule has 0 fully saturated rings. The minimum Gasteiger partial charge on any atom is -0.206 e. The van der Waals surface area contributed by atoms with Gasteiger partial charge in [0.05, 0.1) is 8.95 Å². The van der Waals surface area contributed by atoms with Gasteiger partial charge in [0.1, 0.15) is 23.3 Å². The number of hydrogen-bond donors (Lipinski definition) is 0. The summed E-state index contributed by atoms with van der Waals surface area (Å²) < 4.78 is 60.0. The van der Waals surface area contributed by atoms with Gasteiger partial charge in [-0.15, -0.1) is 22.7 Å². The third-order valence-electron chi connectivity index (χ3n) is 7.66. The van der Waals surface area contributed by atoms with Gasteiger partial charge >= 0.3 is 123 Å². The Kier molecular flexibility index (Phi) is 17.6. The molecule has 3 aromatic heterocycles. The van der Waals surface area contributed by atoms with Crippen LogP contribution in [0.4, 0.5) is 17.6 Å². The molecule has 5 rings (SSSR count). The van der Waals surface area contributed by atoms with Gasteiger partial charge in [0.2, 0.25) is 0 Å². The Labute approximate surface area is 304 Å². The Morgan fingerprint density at radius 2 is 0.935 bits per heavy atom. The van der Waals surface area contributed by atoms with Crippen molar-refractivity contribution >= 4 is 87.1 Å². The van der Waals surface area contributed by atoms with Gasteiger partial charge in [0, 0.05) is 20.9 Å². The first-order chi connectivity index (χ1) is 22.2. The number of halogens is 6. The van der Waals surface area contributed by atoms with E-state index in [1.807, 2.05) is 25.8 Å². The van der Waals surface area contributed by atoms with Crippen molar-refractivity contribution in [1.82, 2.24) is 0 Å². The van der Waals surface area contributed by atoms with E-state index < -0.39 is 30.0 Å². The zero-order chi connectivity index (χ0) is 33.5. The van der Waals surface area contributed by atoms with Crippen LogP contribution in [0.15, 0.2) is 85.7 Å². The molecule has 0 aliphatic heterocycles. The van der Waals surface area contributed by atoms with E-state index in [4.69, 9.17) is 0 Å². The quantitative estimate of drug-likeness (QED) is 0.0664. The predicted molar refractivity (Wildman–Crippen MR) is 204 cm³/mol. The minimum absolute atomic E-state index is 0.133. The molecule has 0 saturated heterocycles. The van der Waals surface area contributed by atoms with E-state index in [1.54, 1.807) is 25.4 Å². The number of unbranched alkanes of at least 4 members (excludes halogenated alkanes) is 3. The molecule has 2 aromatic carbocycles. The Bertz CT molecular complexity index is 1440. The van der Waals surface area contributed by atoms with Crippen LogP contribution in [0.3, 0.4) is 0 Å². The summed E-state index contributed by atoms with van der Waals surface area (Å²) in [6, 6.07) is 16.7. The SMILES string of the molecule is CCC[CH2][Sn]([CH2]CCC)([CH2]CCC)[c]1cccs1.Fc1cc(-c2cccs2)c(F)cc1-c1cccs1.Fc1cc(Br)c(F)cc1Br. The maximum atomic E-state index is 14.0. The van der Waals surface area contributed by atoms with Crippen LogP contribution in [-0.4, -0.2) is 18.4 Å². The second-order valence-corrected chi connectivity index (χ2v) is 29.7. The van der Waals surface area contributed by atoms with Crippen molar-refractivity contribution in [2.75, 3.05) is 0 Å².